The number of methoxy groups -OCH3 is 1. The summed E-state index contributed by atoms with van der Waals surface area (Å²) in [5.41, 5.74) is 1.15. The summed E-state index contributed by atoms with van der Waals surface area (Å²) in [5, 5.41) is 0. The maximum atomic E-state index is 12.6. The van der Waals surface area contributed by atoms with E-state index in [0.29, 0.717) is 13.1 Å². The van der Waals surface area contributed by atoms with Crippen molar-refractivity contribution in [2.75, 3.05) is 26.7 Å². The molecule has 0 aromatic carbocycles. The average Bonchev–Trinajstić information content (AvgIpc) is 3.02. The van der Waals surface area contributed by atoms with Crippen molar-refractivity contribution in [3.63, 3.8) is 0 Å². The Labute approximate surface area is 126 Å². The summed E-state index contributed by atoms with van der Waals surface area (Å²) in [5.74, 6) is -0.118. The third-order valence-electron chi connectivity index (χ3n) is 4.41. The molecule has 0 saturated carbocycles. The first-order valence-electron chi connectivity index (χ1n) is 7.98. The first-order chi connectivity index (χ1) is 10.2. The van der Waals surface area contributed by atoms with Gasteiger partial charge >= 0.3 is 5.97 Å². The molecular formula is C16H26N2O3. The number of hydrogen-bond donors (Lipinski definition) is 0. The highest BCUT2D eigenvalue weighted by Gasteiger charge is 2.32. The van der Waals surface area contributed by atoms with Gasteiger partial charge in [-0.05, 0) is 45.6 Å². The Bertz CT molecular complexity index is 420. The van der Waals surface area contributed by atoms with Crippen molar-refractivity contribution < 1.29 is 14.3 Å². The largest absolute Gasteiger partial charge is 0.468 e. The normalized spacial score (nSPS) is 22.8. The van der Waals surface area contributed by atoms with Crippen LogP contribution in [0.1, 0.15) is 45.4 Å². The molecule has 5 nitrogen and oxygen atoms in total. The van der Waals surface area contributed by atoms with E-state index in [1.807, 2.05) is 16.7 Å². The van der Waals surface area contributed by atoms with Gasteiger partial charge in [0.05, 0.1) is 13.7 Å². The van der Waals surface area contributed by atoms with Gasteiger partial charge in [0.1, 0.15) is 6.04 Å². The Hall–Kier alpha value is -1.36. The summed E-state index contributed by atoms with van der Waals surface area (Å²) >= 11 is 0. The fourth-order valence-corrected chi connectivity index (χ4v) is 3.28. The van der Waals surface area contributed by atoms with Crippen molar-refractivity contribution >= 4 is 11.9 Å². The minimum absolute atomic E-state index is 0.0986. The Morgan fingerprint density at radius 1 is 1.38 bits per heavy atom. The van der Waals surface area contributed by atoms with E-state index in [0.717, 1.165) is 50.8 Å². The molecule has 0 aromatic rings. The number of carbonyl (C=O) groups excluding carboxylic acids is 2. The average molecular weight is 294 g/mol. The van der Waals surface area contributed by atoms with Crippen molar-refractivity contribution in [2.45, 2.75) is 51.5 Å². The number of piperidine rings is 1. The smallest absolute Gasteiger partial charge is 0.323 e. The molecule has 0 spiro atoms. The maximum Gasteiger partial charge on any atom is 0.323 e. The minimum Gasteiger partial charge on any atom is -0.468 e. The summed E-state index contributed by atoms with van der Waals surface area (Å²) in [7, 11) is 1.42. The molecular weight excluding hydrogens is 268 g/mol. The lowest BCUT2D eigenvalue weighted by atomic mass is 10.0. The lowest BCUT2D eigenvalue weighted by Crippen LogP contribution is -2.50. The van der Waals surface area contributed by atoms with Crippen molar-refractivity contribution in [1.29, 1.82) is 0 Å². The van der Waals surface area contributed by atoms with Crippen molar-refractivity contribution in [2.24, 2.45) is 0 Å². The monoisotopic (exact) mass is 294 g/mol. The Kier molecular flexibility index (Phi) is 5.79. The first kappa shape index (κ1) is 16.0. The van der Waals surface area contributed by atoms with Gasteiger partial charge in [0, 0.05) is 12.2 Å². The molecule has 1 aliphatic heterocycles. The van der Waals surface area contributed by atoms with Gasteiger partial charge < -0.3 is 9.64 Å². The molecule has 0 N–H and O–H groups in total. The number of likely N-dealkylation sites (N-methyl/N-ethyl adjacent to an activating group) is 1. The van der Waals surface area contributed by atoms with Crippen LogP contribution in [0.4, 0.5) is 0 Å². The van der Waals surface area contributed by atoms with Gasteiger partial charge in [0.15, 0.2) is 0 Å². The van der Waals surface area contributed by atoms with Crippen LogP contribution < -0.4 is 0 Å². The lowest BCUT2D eigenvalue weighted by Gasteiger charge is -2.34. The van der Waals surface area contributed by atoms with Gasteiger partial charge in [-0.3, -0.25) is 14.5 Å². The van der Waals surface area contributed by atoms with Crippen LogP contribution in [-0.2, 0) is 14.3 Å². The Balaban J connectivity index is 2.00. The van der Waals surface area contributed by atoms with E-state index in [1.165, 1.54) is 7.11 Å². The fraction of sp³-hybridized carbons (Fsp3) is 0.750. The summed E-state index contributed by atoms with van der Waals surface area (Å²) in [6, 6.07) is -0.260. The number of likely N-dealkylation sites (tertiary alicyclic amines) is 1. The molecule has 0 aromatic heterocycles. The van der Waals surface area contributed by atoms with Gasteiger partial charge in [0.2, 0.25) is 5.91 Å². The predicted octanol–water partition coefficient (Wildman–Crippen LogP) is 1.93. The second-order valence-corrected chi connectivity index (χ2v) is 5.73. The number of hydrogen-bond acceptors (Lipinski definition) is 4. The van der Waals surface area contributed by atoms with Crippen molar-refractivity contribution in [3.05, 3.63) is 11.8 Å². The SMILES string of the molecule is CCN(C(=O)CN1CCCCC1C(=O)OC)C1=CCCC1. The quantitative estimate of drug-likeness (QED) is 0.727. The molecule has 1 heterocycles. The first-order valence-corrected chi connectivity index (χ1v) is 7.98. The lowest BCUT2D eigenvalue weighted by molar-refractivity contribution is -0.149. The van der Waals surface area contributed by atoms with E-state index in [4.69, 9.17) is 4.74 Å². The summed E-state index contributed by atoms with van der Waals surface area (Å²) in [6.07, 6.45) is 8.19. The zero-order valence-corrected chi connectivity index (χ0v) is 13.1. The maximum absolute atomic E-state index is 12.6. The van der Waals surface area contributed by atoms with Crippen LogP contribution in [0.2, 0.25) is 0 Å². The summed E-state index contributed by atoms with van der Waals surface area (Å²) in [6.45, 7) is 3.81. The van der Waals surface area contributed by atoms with Crippen LogP contribution >= 0.6 is 0 Å². The van der Waals surface area contributed by atoms with Gasteiger partial charge in [-0.2, -0.15) is 0 Å². The van der Waals surface area contributed by atoms with Crippen LogP contribution in [-0.4, -0.2) is 54.5 Å². The molecule has 118 valence electrons. The van der Waals surface area contributed by atoms with E-state index in [9.17, 15) is 9.59 Å². The third kappa shape index (κ3) is 3.84. The molecule has 5 heteroatoms. The van der Waals surface area contributed by atoms with Gasteiger partial charge in [-0.15, -0.1) is 0 Å². The van der Waals surface area contributed by atoms with E-state index in [-0.39, 0.29) is 17.9 Å². The van der Waals surface area contributed by atoms with Crippen LogP contribution in [0, 0.1) is 0 Å². The highest BCUT2D eigenvalue weighted by atomic mass is 16.5. The zero-order valence-electron chi connectivity index (χ0n) is 13.1. The molecule has 1 amide bonds. The molecule has 2 aliphatic rings. The second kappa shape index (κ2) is 7.59. The molecule has 2 rings (SSSR count). The summed E-state index contributed by atoms with van der Waals surface area (Å²) in [4.78, 5) is 28.3. The topological polar surface area (TPSA) is 49.9 Å². The van der Waals surface area contributed by atoms with E-state index in [1.54, 1.807) is 0 Å². The predicted molar refractivity (Wildman–Crippen MR) is 80.5 cm³/mol. The van der Waals surface area contributed by atoms with Crippen molar-refractivity contribution in [3.8, 4) is 0 Å². The molecule has 1 fully saturated rings. The molecule has 0 radical (unpaired) electrons. The number of esters is 1. The van der Waals surface area contributed by atoms with Crippen molar-refractivity contribution in [1.82, 2.24) is 9.80 Å². The number of carbonyl (C=O) groups is 2. The van der Waals surface area contributed by atoms with Crippen LogP contribution in [0.25, 0.3) is 0 Å². The minimum atomic E-state index is -0.260. The number of rotatable bonds is 5. The third-order valence-corrected chi connectivity index (χ3v) is 4.41. The number of nitrogens with zero attached hydrogens (tertiary/aromatic N) is 2. The summed E-state index contributed by atoms with van der Waals surface area (Å²) < 4.78 is 4.87. The van der Waals surface area contributed by atoms with Gasteiger partial charge in [-0.1, -0.05) is 12.5 Å². The van der Waals surface area contributed by atoms with Crippen LogP contribution in [0.5, 0.6) is 0 Å². The Morgan fingerprint density at radius 3 is 2.81 bits per heavy atom. The molecule has 1 aliphatic carbocycles. The molecule has 21 heavy (non-hydrogen) atoms. The molecule has 1 unspecified atom stereocenters. The highest BCUT2D eigenvalue weighted by Crippen LogP contribution is 2.23. The van der Waals surface area contributed by atoms with E-state index < -0.39 is 0 Å². The Morgan fingerprint density at radius 2 is 2.19 bits per heavy atom. The highest BCUT2D eigenvalue weighted by molar-refractivity contribution is 5.82. The number of amides is 1. The van der Waals surface area contributed by atoms with Gasteiger partial charge in [0.25, 0.3) is 0 Å². The van der Waals surface area contributed by atoms with Crippen LogP contribution in [0.3, 0.4) is 0 Å². The molecule has 1 saturated heterocycles. The molecule has 0 bridgehead atoms. The van der Waals surface area contributed by atoms with E-state index in [2.05, 4.69) is 6.08 Å². The standard InChI is InChI=1S/C16H26N2O3/c1-3-18(13-8-4-5-9-13)15(19)12-17-11-7-6-10-14(17)16(20)21-2/h8,14H,3-7,9-12H2,1-2H3. The van der Waals surface area contributed by atoms with Crippen LogP contribution in [0.15, 0.2) is 11.8 Å². The van der Waals surface area contributed by atoms with E-state index >= 15 is 0 Å². The zero-order chi connectivity index (χ0) is 15.2. The van der Waals surface area contributed by atoms with Gasteiger partial charge in [-0.25, -0.2) is 0 Å². The second-order valence-electron chi connectivity index (χ2n) is 5.73. The number of ether oxygens (including phenoxy) is 1. The molecule has 1 atom stereocenters. The fourth-order valence-electron chi connectivity index (χ4n) is 3.28. The number of allylic oxidation sites excluding steroid dienone is 2.